The molecule has 0 fully saturated rings. The van der Waals surface area contributed by atoms with Crippen LogP contribution < -0.4 is 10.1 Å². The lowest BCUT2D eigenvalue weighted by Gasteiger charge is -2.26. The fourth-order valence-corrected chi connectivity index (χ4v) is 2.84. The van der Waals surface area contributed by atoms with Crippen LogP contribution in [0.4, 0.5) is 0 Å². The molecule has 2 aliphatic rings. The molecule has 0 spiro atoms. The Bertz CT molecular complexity index is 459. The number of ether oxygens (including phenoxy) is 1. The van der Waals surface area contributed by atoms with Crippen LogP contribution in [-0.2, 0) is 6.42 Å². The van der Waals surface area contributed by atoms with Gasteiger partial charge in [-0.15, -0.1) is 12.4 Å². The van der Waals surface area contributed by atoms with Crippen LogP contribution in [0.5, 0.6) is 5.75 Å². The molecule has 1 aromatic rings. The number of methoxy groups -OCH3 is 1. The third-order valence-electron chi connectivity index (χ3n) is 3.70. The van der Waals surface area contributed by atoms with Gasteiger partial charge in [-0.1, -0.05) is 6.07 Å². The smallest absolute Gasteiger partial charge is 0.119 e. The monoisotopic (exact) mass is 266 g/mol. The molecule has 1 unspecified atom stereocenters. The molecular formula is C14H19ClN2O. The summed E-state index contributed by atoms with van der Waals surface area (Å²) >= 11 is 0. The fourth-order valence-electron chi connectivity index (χ4n) is 2.84. The highest BCUT2D eigenvalue weighted by atomic mass is 35.5. The molecule has 3 rings (SSSR count). The Hall–Kier alpha value is -1.22. The van der Waals surface area contributed by atoms with Gasteiger partial charge in [-0.2, -0.15) is 0 Å². The maximum atomic E-state index is 5.33. The first kappa shape index (κ1) is 13.2. The molecule has 1 heterocycles. The Morgan fingerprint density at radius 1 is 1.39 bits per heavy atom. The van der Waals surface area contributed by atoms with Crippen LogP contribution in [0.1, 0.15) is 29.9 Å². The lowest BCUT2D eigenvalue weighted by Crippen LogP contribution is -2.28. The number of halogens is 1. The predicted molar refractivity (Wildman–Crippen MR) is 76.2 cm³/mol. The molecule has 1 aliphatic carbocycles. The Morgan fingerprint density at radius 2 is 2.28 bits per heavy atom. The molecule has 18 heavy (non-hydrogen) atoms. The Morgan fingerprint density at radius 3 is 3.00 bits per heavy atom. The van der Waals surface area contributed by atoms with Crippen molar-refractivity contribution in [1.29, 1.82) is 0 Å². The lowest BCUT2D eigenvalue weighted by molar-refractivity contribution is 0.413. The number of amidine groups is 1. The topological polar surface area (TPSA) is 33.6 Å². The molecule has 1 aliphatic heterocycles. The van der Waals surface area contributed by atoms with Crippen molar-refractivity contribution < 1.29 is 4.74 Å². The number of nitrogens with zero attached hydrogens (tertiary/aromatic N) is 1. The minimum Gasteiger partial charge on any atom is -0.497 e. The first-order chi connectivity index (χ1) is 8.38. The summed E-state index contributed by atoms with van der Waals surface area (Å²) in [5.41, 5.74) is 2.86. The quantitative estimate of drug-likeness (QED) is 0.893. The van der Waals surface area contributed by atoms with Gasteiger partial charge in [0, 0.05) is 12.5 Å². The van der Waals surface area contributed by atoms with Crippen molar-refractivity contribution in [2.24, 2.45) is 4.99 Å². The summed E-state index contributed by atoms with van der Waals surface area (Å²) in [6, 6.07) is 6.45. The van der Waals surface area contributed by atoms with Gasteiger partial charge in [0.1, 0.15) is 11.6 Å². The summed E-state index contributed by atoms with van der Waals surface area (Å²) in [5.74, 6) is 2.59. The SMILES string of the molecule is COc1ccc2c(c1)C(C1=NCCN1)CCC2.Cl. The number of hydrogen-bond acceptors (Lipinski definition) is 3. The molecule has 0 saturated heterocycles. The van der Waals surface area contributed by atoms with E-state index in [2.05, 4.69) is 28.5 Å². The van der Waals surface area contributed by atoms with E-state index in [9.17, 15) is 0 Å². The van der Waals surface area contributed by atoms with E-state index in [4.69, 9.17) is 4.74 Å². The molecule has 4 heteroatoms. The van der Waals surface area contributed by atoms with Gasteiger partial charge in [-0.05, 0) is 42.5 Å². The number of fused-ring (bicyclic) bond motifs is 1. The van der Waals surface area contributed by atoms with E-state index < -0.39 is 0 Å². The number of aryl methyl sites for hydroxylation is 1. The molecule has 1 aromatic carbocycles. The minimum absolute atomic E-state index is 0. The van der Waals surface area contributed by atoms with E-state index in [1.807, 2.05) is 0 Å². The molecule has 1 atom stereocenters. The predicted octanol–water partition coefficient (Wildman–Crippen LogP) is 2.54. The maximum Gasteiger partial charge on any atom is 0.119 e. The first-order valence-corrected chi connectivity index (χ1v) is 6.33. The minimum atomic E-state index is 0. The summed E-state index contributed by atoms with van der Waals surface area (Å²) in [7, 11) is 1.73. The first-order valence-electron chi connectivity index (χ1n) is 6.33. The van der Waals surface area contributed by atoms with Gasteiger partial charge in [0.05, 0.1) is 13.7 Å². The van der Waals surface area contributed by atoms with E-state index in [0.717, 1.165) is 18.8 Å². The normalized spacial score (nSPS) is 21.4. The van der Waals surface area contributed by atoms with Gasteiger partial charge in [-0.25, -0.2) is 0 Å². The van der Waals surface area contributed by atoms with Crippen LogP contribution in [0.25, 0.3) is 0 Å². The average Bonchev–Trinajstić information content (AvgIpc) is 2.91. The van der Waals surface area contributed by atoms with Crippen molar-refractivity contribution >= 4 is 18.2 Å². The van der Waals surface area contributed by atoms with Crippen molar-refractivity contribution in [3.8, 4) is 5.75 Å². The van der Waals surface area contributed by atoms with Crippen LogP contribution in [-0.4, -0.2) is 26.0 Å². The van der Waals surface area contributed by atoms with Crippen molar-refractivity contribution in [2.75, 3.05) is 20.2 Å². The number of aliphatic imine (C=N–C) groups is 1. The highest BCUT2D eigenvalue weighted by Gasteiger charge is 2.26. The Kier molecular flexibility index (Phi) is 4.12. The summed E-state index contributed by atoms with van der Waals surface area (Å²) in [6.45, 7) is 1.91. The second kappa shape index (κ2) is 5.61. The van der Waals surface area contributed by atoms with Gasteiger partial charge < -0.3 is 10.1 Å². The summed E-state index contributed by atoms with van der Waals surface area (Å²) in [5, 5.41) is 3.41. The molecule has 0 aromatic heterocycles. The third kappa shape index (κ3) is 2.32. The second-order valence-corrected chi connectivity index (χ2v) is 4.70. The van der Waals surface area contributed by atoms with E-state index in [1.54, 1.807) is 7.11 Å². The Balaban J connectivity index is 0.00000120. The van der Waals surface area contributed by atoms with Crippen molar-refractivity contribution in [3.63, 3.8) is 0 Å². The van der Waals surface area contributed by atoms with Crippen LogP contribution in [0, 0.1) is 0 Å². The summed E-state index contributed by atoms with van der Waals surface area (Å²) in [4.78, 5) is 4.58. The van der Waals surface area contributed by atoms with E-state index in [1.165, 1.54) is 36.2 Å². The van der Waals surface area contributed by atoms with Crippen LogP contribution in [0.15, 0.2) is 23.2 Å². The van der Waals surface area contributed by atoms with Crippen molar-refractivity contribution in [2.45, 2.75) is 25.2 Å². The van der Waals surface area contributed by atoms with E-state index in [0.29, 0.717) is 5.92 Å². The van der Waals surface area contributed by atoms with Gasteiger partial charge >= 0.3 is 0 Å². The Labute approximate surface area is 114 Å². The summed E-state index contributed by atoms with van der Waals surface area (Å²) < 4.78 is 5.33. The maximum absolute atomic E-state index is 5.33. The van der Waals surface area contributed by atoms with E-state index >= 15 is 0 Å². The number of hydrogen-bond donors (Lipinski definition) is 1. The van der Waals surface area contributed by atoms with Crippen LogP contribution in [0.2, 0.25) is 0 Å². The van der Waals surface area contributed by atoms with Gasteiger partial charge in [-0.3, -0.25) is 4.99 Å². The highest BCUT2D eigenvalue weighted by molar-refractivity contribution is 5.90. The largest absolute Gasteiger partial charge is 0.497 e. The number of benzene rings is 1. The number of nitrogens with one attached hydrogen (secondary N) is 1. The molecule has 3 nitrogen and oxygen atoms in total. The molecule has 0 bridgehead atoms. The molecule has 1 N–H and O–H groups in total. The zero-order valence-electron chi connectivity index (χ0n) is 10.6. The molecule has 0 saturated carbocycles. The molecule has 98 valence electrons. The van der Waals surface area contributed by atoms with Gasteiger partial charge in [0.2, 0.25) is 0 Å². The lowest BCUT2D eigenvalue weighted by atomic mass is 9.82. The van der Waals surface area contributed by atoms with Crippen molar-refractivity contribution in [1.82, 2.24) is 5.32 Å². The second-order valence-electron chi connectivity index (χ2n) is 4.70. The summed E-state index contributed by atoms with van der Waals surface area (Å²) in [6.07, 6.45) is 3.64. The molecule has 0 amide bonds. The van der Waals surface area contributed by atoms with Crippen molar-refractivity contribution in [3.05, 3.63) is 29.3 Å². The molecule has 0 radical (unpaired) electrons. The van der Waals surface area contributed by atoms with Gasteiger partial charge in [0.15, 0.2) is 0 Å². The van der Waals surface area contributed by atoms with Crippen LogP contribution >= 0.6 is 12.4 Å². The zero-order valence-corrected chi connectivity index (χ0v) is 11.4. The molecular weight excluding hydrogens is 248 g/mol. The van der Waals surface area contributed by atoms with Gasteiger partial charge in [0.25, 0.3) is 0 Å². The average molecular weight is 267 g/mol. The fraction of sp³-hybridized carbons (Fsp3) is 0.500. The van der Waals surface area contributed by atoms with E-state index in [-0.39, 0.29) is 12.4 Å². The zero-order chi connectivity index (χ0) is 11.7. The third-order valence-corrected chi connectivity index (χ3v) is 3.70. The standard InChI is InChI=1S/C14H18N2O.ClH/c1-17-11-6-5-10-3-2-4-12(13(10)9-11)14-15-7-8-16-14;/h5-6,9,12H,2-4,7-8H2,1H3,(H,15,16);1H. The highest BCUT2D eigenvalue weighted by Crippen LogP contribution is 2.34. The number of rotatable bonds is 2. The van der Waals surface area contributed by atoms with Crippen LogP contribution in [0.3, 0.4) is 0 Å².